The van der Waals surface area contributed by atoms with Crippen LogP contribution in [-0.2, 0) is 16.2 Å². The molecule has 10 rings (SSSR count). The molecule has 0 atom stereocenters. The van der Waals surface area contributed by atoms with Crippen molar-refractivity contribution in [3.63, 3.8) is 0 Å². The lowest BCUT2D eigenvalue weighted by atomic mass is 9.60. The second-order valence-corrected chi connectivity index (χ2v) is 16.9. The van der Waals surface area contributed by atoms with E-state index in [1.165, 1.54) is 95.0 Å². The Morgan fingerprint density at radius 2 is 0.827 bits per heavy atom. The number of hydrogen-bond acceptors (Lipinski definition) is 1. The predicted molar refractivity (Wildman–Crippen MR) is 220 cm³/mol. The molecule has 52 heavy (non-hydrogen) atoms. The molecule has 3 heterocycles. The van der Waals surface area contributed by atoms with Gasteiger partial charge in [-0.05, 0) is 127 Å². The summed E-state index contributed by atoms with van der Waals surface area (Å²) in [7, 11) is 0. The minimum Gasteiger partial charge on any atom is -0.309 e. The highest BCUT2D eigenvalue weighted by atomic mass is 15.2. The monoisotopic (exact) mass is 671 g/mol. The third-order valence-electron chi connectivity index (χ3n) is 12.9. The summed E-state index contributed by atoms with van der Waals surface area (Å²) in [6.07, 6.45) is 8.97. The molecule has 1 aliphatic carbocycles. The van der Waals surface area contributed by atoms with Crippen LogP contribution < -0.4 is 4.90 Å². The van der Waals surface area contributed by atoms with E-state index in [1.54, 1.807) is 0 Å². The van der Waals surface area contributed by atoms with Crippen LogP contribution in [0.3, 0.4) is 0 Å². The molecule has 4 aliphatic rings. The van der Waals surface area contributed by atoms with Crippen molar-refractivity contribution < 1.29 is 0 Å². The Hall–Kier alpha value is -5.40. The molecule has 0 saturated heterocycles. The summed E-state index contributed by atoms with van der Waals surface area (Å²) in [5, 5.41) is 0. The van der Waals surface area contributed by atoms with E-state index in [9.17, 15) is 0 Å². The van der Waals surface area contributed by atoms with Gasteiger partial charge in [0.2, 0.25) is 0 Å². The third kappa shape index (κ3) is 4.29. The summed E-state index contributed by atoms with van der Waals surface area (Å²) in [5.41, 5.74) is 22.4. The van der Waals surface area contributed by atoms with Gasteiger partial charge in [-0.2, -0.15) is 0 Å². The average molecular weight is 672 g/mol. The Morgan fingerprint density at radius 1 is 0.404 bits per heavy atom. The minimum atomic E-state index is -0.238. The van der Waals surface area contributed by atoms with Gasteiger partial charge in [0.1, 0.15) is 0 Å². The van der Waals surface area contributed by atoms with Crippen LogP contribution in [0, 0.1) is 0 Å². The Balaban J connectivity index is 1.24. The second kappa shape index (κ2) is 10.8. The Kier molecular flexibility index (Phi) is 6.52. The van der Waals surface area contributed by atoms with Gasteiger partial charge in [-0.15, -0.1) is 0 Å². The summed E-state index contributed by atoms with van der Waals surface area (Å²) in [6.45, 7) is 14.7. The number of allylic oxidation sites excluding steroid dienone is 4. The van der Waals surface area contributed by atoms with E-state index in [2.05, 4.69) is 186 Å². The van der Waals surface area contributed by atoms with Crippen LogP contribution in [0.4, 0.5) is 17.1 Å². The first-order chi connectivity index (χ1) is 25.0. The molecule has 0 fully saturated rings. The van der Waals surface area contributed by atoms with Crippen molar-refractivity contribution in [3.8, 4) is 33.4 Å². The zero-order valence-corrected chi connectivity index (χ0v) is 31.1. The molecular weight excluding hydrogens is 627 g/mol. The maximum atomic E-state index is 2.69. The van der Waals surface area contributed by atoms with Crippen LogP contribution in [-0.4, -0.2) is 0 Å². The molecule has 6 aromatic rings. The van der Waals surface area contributed by atoms with Gasteiger partial charge in [0.15, 0.2) is 0 Å². The standard InChI is InChI=1S/C51H45N/c1-49(2)40-24-15-25-41-46(40)52-47-42(49)28-38(36-22-13-20-34(26-36)32-16-9-7-10-17-32)30-44(47)51(5,6)45-31-39(29-43(48(45)52)50(41,3)4)37-23-14-21-35(27-37)33-18-11-8-12-19-33/h7-11,13-18,20-31H,12,19H2,1-6H3. The fraction of sp³-hybridized carbons (Fsp3) is 0.216. The Labute approximate surface area is 309 Å². The number of para-hydroxylation sites is 1. The van der Waals surface area contributed by atoms with E-state index in [4.69, 9.17) is 0 Å². The minimum absolute atomic E-state index is 0.171. The molecule has 1 heteroatoms. The molecule has 0 spiro atoms. The highest BCUT2D eigenvalue weighted by Crippen LogP contribution is 2.66. The summed E-state index contributed by atoms with van der Waals surface area (Å²) >= 11 is 0. The van der Waals surface area contributed by atoms with E-state index in [-0.39, 0.29) is 16.2 Å². The van der Waals surface area contributed by atoms with Gasteiger partial charge in [-0.25, -0.2) is 0 Å². The van der Waals surface area contributed by atoms with E-state index in [0.717, 1.165) is 12.8 Å². The highest BCUT2D eigenvalue weighted by molar-refractivity contribution is 6.00. The molecule has 0 bridgehead atoms. The summed E-state index contributed by atoms with van der Waals surface area (Å²) < 4.78 is 0. The van der Waals surface area contributed by atoms with Crippen LogP contribution in [0.2, 0.25) is 0 Å². The fourth-order valence-electron chi connectivity index (χ4n) is 9.80. The first kappa shape index (κ1) is 31.3. The van der Waals surface area contributed by atoms with E-state index < -0.39 is 0 Å². The molecule has 254 valence electrons. The van der Waals surface area contributed by atoms with Gasteiger partial charge in [0.25, 0.3) is 0 Å². The zero-order valence-electron chi connectivity index (χ0n) is 31.1. The van der Waals surface area contributed by atoms with Crippen molar-refractivity contribution in [1.82, 2.24) is 0 Å². The molecule has 0 N–H and O–H groups in total. The van der Waals surface area contributed by atoms with Crippen LogP contribution >= 0.6 is 0 Å². The van der Waals surface area contributed by atoms with E-state index >= 15 is 0 Å². The third-order valence-corrected chi connectivity index (χ3v) is 12.9. The van der Waals surface area contributed by atoms with Gasteiger partial charge in [0, 0.05) is 16.2 Å². The van der Waals surface area contributed by atoms with E-state index in [0.29, 0.717) is 0 Å². The van der Waals surface area contributed by atoms with Crippen molar-refractivity contribution in [2.45, 2.75) is 70.6 Å². The number of anilines is 3. The number of nitrogens with zero attached hydrogens (tertiary/aromatic N) is 1. The predicted octanol–water partition coefficient (Wildman–Crippen LogP) is 13.8. The first-order valence-electron chi connectivity index (χ1n) is 19.0. The van der Waals surface area contributed by atoms with Gasteiger partial charge < -0.3 is 4.90 Å². The molecule has 0 amide bonds. The van der Waals surface area contributed by atoms with Gasteiger partial charge in [-0.3, -0.25) is 0 Å². The van der Waals surface area contributed by atoms with Crippen LogP contribution in [0.5, 0.6) is 0 Å². The topological polar surface area (TPSA) is 3.24 Å². The van der Waals surface area contributed by atoms with Crippen LogP contribution in [0.15, 0.2) is 140 Å². The van der Waals surface area contributed by atoms with Crippen LogP contribution in [0.1, 0.15) is 93.3 Å². The maximum Gasteiger partial charge on any atom is 0.0544 e. The largest absolute Gasteiger partial charge is 0.309 e. The van der Waals surface area contributed by atoms with Crippen molar-refractivity contribution in [3.05, 3.63) is 178 Å². The van der Waals surface area contributed by atoms with Gasteiger partial charge in [0.05, 0.1) is 17.1 Å². The molecule has 0 unspecified atom stereocenters. The van der Waals surface area contributed by atoms with Crippen molar-refractivity contribution >= 4 is 22.6 Å². The lowest BCUT2D eigenvalue weighted by Gasteiger charge is -2.55. The van der Waals surface area contributed by atoms with Crippen LogP contribution in [0.25, 0.3) is 39.0 Å². The van der Waals surface area contributed by atoms with Gasteiger partial charge >= 0.3 is 0 Å². The molecule has 0 saturated carbocycles. The maximum absolute atomic E-state index is 2.69. The van der Waals surface area contributed by atoms with Crippen molar-refractivity contribution in [2.75, 3.05) is 4.90 Å². The number of benzene rings is 6. The van der Waals surface area contributed by atoms with Crippen molar-refractivity contribution in [1.29, 1.82) is 0 Å². The molecule has 6 aromatic carbocycles. The summed E-state index contributed by atoms with van der Waals surface area (Å²) in [5.74, 6) is 0. The van der Waals surface area contributed by atoms with E-state index in [1.807, 2.05) is 0 Å². The molecule has 0 aromatic heterocycles. The quantitative estimate of drug-likeness (QED) is 0.180. The van der Waals surface area contributed by atoms with Crippen molar-refractivity contribution in [2.24, 2.45) is 0 Å². The lowest BCUT2D eigenvalue weighted by molar-refractivity contribution is 0.567. The lowest BCUT2D eigenvalue weighted by Crippen LogP contribution is -2.43. The second-order valence-electron chi connectivity index (χ2n) is 16.9. The smallest absolute Gasteiger partial charge is 0.0544 e. The summed E-state index contributed by atoms with van der Waals surface area (Å²) in [4.78, 5) is 2.69. The molecular formula is C51H45N. The molecule has 0 radical (unpaired) electrons. The first-order valence-corrected chi connectivity index (χ1v) is 19.0. The number of rotatable bonds is 4. The normalized spacial score (nSPS) is 17.7. The SMILES string of the molecule is CC1(C)c2cccc3c2N2c4c1cc(-c1cccc(C5=CC=CCC5)c1)cc4C(C)(C)c1cc(-c4cccc(-c5ccccc5)c4)cc(c12)C3(C)C. The molecule has 3 aliphatic heterocycles. The number of hydrogen-bond donors (Lipinski definition) is 0. The summed E-state index contributed by atoms with van der Waals surface area (Å²) in [6, 6.07) is 46.3. The average Bonchev–Trinajstić information content (AvgIpc) is 3.17. The Bertz CT molecular complexity index is 2540. The zero-order chi connectivity index (χ0) is 35.6. The molecule has 1 nitrogen and oxygen atoms in total. The van der Waals surface area contributed by atoms with Gasteiger partial charge in [-0.1, -0.05) is 145 Å². The highest BCUT2D eigenvalue weighted by Gasteiger charge is 2.52. The Morgan fingerprint density at radius 3 is 1.35 bits per heavy atom. The fourth-order valence-corrected chi connectivity index (χ4v) is 9.80.